The molecule has 0 fully saturated rings. The number of aromatic hydroxyl groups is 2. The van der Waals surface area contributed by atoms with E-state index in [-0.39, 0.29) is 11.5 Å². The molecule has 0 radical (unpaired) electrons. The van der Waals surface area contributed by atoms with Crippen LogP contribution in [0.2, 0.25) is 0 Å². The fourth-order valence-corrected chi connectivity index (χ4v) is 1.11. The van der Waals surface area contributed by atoms with Crippen molar-refractivity contribution < 1.29 is 10.2 Å². The third kappa shape index (κ3) is 1.68. The summed E-state index contributed by atoms with van der Waals surface area (Å²) in [6.07, 6.45) is 0. The van der Waals surface area contributed by atoms with Crippen LogP contribution in [0.1, 0.15) is 11.1 Å². The van der Waals surface area contributed by atoms with Gasteiger partial charge in [-0.25, -0.2) is 0 Å². The molecule has 0 bridgehead atoms. The molecular formula is C9H13NO2. The molecule has 0 amide bonds. The Balaban J connectivity index is 3.05. The first kappa shape index (κ1) is 8.87. The number of phenolic OH excluding ortho intramolecular Hbond substituents is 2. The molecule has 0 saturated heterocycles. The summed E-state index contributed by atoms with van der Waals surface area (Å²) >= 11 is 0. The Kier molecular flexibility index (Phi) is 2.55. The van der Waals surface area contributed by atoms with Crippen molar-refractivity contribution in [3.05, 3.63) is 23.3 Å². The van der Waals surface area contributed by atoms with Gasteiger partial charge in [0, 0.05) is 6.54 Å². The average Bonchev–Trinajstić information content (AvgIpc) is 2.01. The van der Waals surface area contributed by atoms with Crippen LogP contribution >= 0.6 is 0 Å². The Labute approximate surface area is 71.7 Å². The van der Waals surface area contributed by atoms with Crippen molar-refractivity contribution in [2.24, 2.45) is 0 Å². The summed E-state index contributed by atoms with van der Waals surface area (Å²) in [5, 5.41) is 21.3. The first-order chi connectivity index (χ1) is 5.65. The number of hydrogen-bond acceptors (Lipinski definition) is 3. The van der Waals surface area contributed by atoms with Gasteiger partial charge in [0.1, 0.15) is 0 Å². The number of hydrogen-bond donors (Lipinski definition) is 3. The Morgan fingerprint density at radius 2 is 1.83 bits per heavy atom. The predicted molar refractivity (Wildman–Crippen MR) is 47.3 cm³/mol. The van der Waals surface area contributed by atoms with E-state index in [1.54, 1.807) is 12.1 Å². The molecule has 0 atom stereocenters. The highest BCUT2D eigenvalue weighted by Gasteiger charge is 2.03. The molecule has 0 unspecified atom stereocenters. The van der Waals surface area contributed by atoms with Crippen molar-refractivity contribution >= 4 is 0 Å². The highest BCUT2D eigenvalue weighted by Crippen LogP contribution is 2.27. The quantitative estimate of drug-likeness (QED) is 0.579. The minimum absolute atomic E-state index is 0.0626. The Morgan fingerprint density at radius 1 is 1.25 bits per heavy atom. The summed E-state index contributed by atoms with van der Waals surface area (Å²) in [5.74, 6) is -0.127. The lowest BCUT2D eigenvalue weighted by Gasteiger charge is -2.06. The summed E-state index contributed by atoms with van der Waals surface area (Å²) < 4.78 is 0. The Morgan fingerprint density at radius 3 is 2.42 bits per heavy atom. The zero-order valence-electron chi connectivity index (χ0n) is 7.26. The number of phenols is 2. The van der Waals surface area contributed by atoms with Gasteiger partial charge in [0.25, 0.3) is 0 Å². The predicted octanol–water partition coefficient (Wildman–Crippen LogP) is 1.13. The molecule has 1 aromatic rings. The standard InChI is InChI=1S/C9H13NO2/c1-6-3-8(11)9(12)4-7(6)5-10-2/h3-4,10-12H,5H2,1-2H3. The van der Waals surface area contributed by atoms with Crippen LogP contribution in [0.3, 0.4) is 0 Å². The summed E-state index contributed by atoms with van der Waals surface area (Å²) in [4.78, 5) is 0. The van der Waals surface area contributed by atoms with E-state index in [1.165, 1.54) is 0 Å². The molecule has 3 N–H and O–H groups in total. The number of aryl methyl sites for hydroxylation is 1. The lowest BCUT2D eigenvalue weighted by molar-refractivity contribution is 0.402. The minimum atomic E-state index is -0.0640. The molecule has 1 aromatic carbocycles. The van der Waals surface area contributed by atoms with Crippen molar-refractivity contribution in [2.75, 3.05) is 7.05 Å². The molecule has 0 aliphatic heterocycles. The van der Waals surface area contributed by atoms with Crippen LogP contribution < -0.4 is 5.32 Å². The molecule has 0 saturated carbocycles. The maximum absolute atomic E-state index is 9.17. The fourth-order valence-electron chi connectivity index (χ4n) is 1.11. The van der Waals surface area contributed by atoms with Gasteiger partial charge in [-0.15, -0.1) is 0 Å². The zero-order valence-corrected chi connectivity index (χ0v) is 7.26. The highest BCUT2D eigenvalue weighted by atomic mass is 16.3. The first-order valence-electron chi connectivity index (χ1n) is 3.81. The molecule has 0 aliphatic carbocycles. The summed E-state index contributed by atoms with van der Waals surface area (Å²) in [5.41, 5.74) is 1.97. The number of rotatable bonds is 2. The third-order valence-corrected chi connectivity index (χ3v) is 1.80. The third-order valence-electron chi connectivity index (χ3n) is 1.80. The van der Waals surface area contributed by atoms with Gasteiger partial charge in [0.15, 0.2) is 11.5 Å². The van der Waals surface area contributed by atoms with Crippen LogP contribution in [-0.4, -0.2) is 17.3 Å². The van der Waals surface area contributed by atoms with Crippen molar-refractivity contribution in [3.63, 3.8) is 0 Å². The van der Waals surface area contributed by atoms with Crippen molar-refractivity contribution in [3.8, 4) is 11.5 Å². The van der Waals surface area contributed by atoms with E-state index in [1.807, 2.05) is 14.0 Å². The van der Waals surface area contributed by atoms with Crippen molar-refractivity contribution in [1.29, 1.82) is 0 Å². The summed E-state index contributed by atoms with van der Waals surface area (Å²) in [6, 6.07) is 3.13. The van der Waals surface area contributed by atoms with E-state index in [4.69, 9.17) is 5.11 Å². The van der Waals surface area contributed by atoms with Crippen LogP contribution in [0.5, 0.6) is 11.5 Å². The molecule has 1 rings (SSSR count). The maximum atomic E-state index is 9.17. The number of benzene rings is 1. The van der Waals surface area contributed by atoms with Gasteiger partial charge in [-0.05, 0) is 37.2 Å². The van der Waals surface area contributed by atoms with Gasteiger partial charge < -0.3 is 15.5 Å². The van der Waals surface area contributed by atoms with E-state index in [9.17, 15) is 5.11 Å². The first-order valence-corrected chi connectivity index (χ1v) is 3.81. The highest BCUT2D eigenvalue weighted by molar-refractivity contribution is 5.44. The van der Waals surface area contributed by atoms with E-state index in [0.29, 0.717) is 6.54 Å². The monoisotopic (exact) mass is 167 g/mol. The summed E-state index contributed by atoms with van der Waals surface area (Å²) in [6.45, 7) is 2.59. The van der Waals surface area contributed by atoms with E-state index < -0.39 is 0 Å². The smallest absolute Gasteiger partial charge is 0.157 e. The molecule has 66 valence electrons. The second-order valence-corrected chi connectivity index (χ2v) is 2.80. The molecule has 3 heteroatoms. The van der Waals surface area contributed by atoms with E-state index in [0.717, 1.165) is 11.1 Å². The second kappa shape index (κ2) is 3.45. The second-order valence-electron chi connectivity index (χ2n) is 2.80. The lowest BCUT2D eigenvalue weighted by atomic mass is 10.1. The van der Waals surface area contributed by atoms with Crippen LogP contribution in [0.4, 0.5) is 0 Å². The fraction of sp³-hybridized carbons (Fsp3) is 0.333. The SMILES string of the molecule is CNCc1cc(O)c(O)cc1C. The van der Waals surface area contributed by atoms with Crippen molar-refractivity contribution in [2.45, 2.75) is 13.5 Å². The molecule has 0 aromatic heterocycles. The maximum Gasteiger partial charge on any atom is 0.157 e. The van der Waals surface area contributed by atoms with Crippen LogP contribution in [-0.2, 0) is 6.54 Å². The molecular weight excluding hydrogens is 154 g/mol. The van der Waals surface area contributed by atoms with E-state index in [2.05, 4.69) is 5.32 Å². The van der Waals surface area contributed by atoms with Gasteiger partial charge in [-0.1, -0.05) is 0 Å². The molecule has 0 spiro atoms. The van der Waals surface area contributed by atoms with E-state index >= 15 is 0 Å². The number of nitrogens with one attached hydrogen (secondary N) is 1. The van der Waals surface area contributed by atoms with Gasteiger partial charge in [-0.2, -0.15) is 0 Å². The zero-order chi connectivity index (χ0) is 9.14. The van der Waals surface area contributed by atoms with Gasteiger partial charge in [0.05, 0.1) is 0 Å². The topological polar surface area (TPSA) is 52.5 Å². The average molecular weight is 167 g/mol. The van der Waals surface area contributed by atoms with Crippen LogP contribution in [0.15, 0.2) is 12.1 Å². The molecule has 0 aliphatic rings. The molecule has 0 heterocycles. The van der Waals surface area contributed by atoms with Crippen LogP contribution in [0.25, 0.3) is 0 Å². The van der Waals surface area contributed by atoms with Gasteiger partial charge >= 0.3 is 0 Å². The molecule has 3 nitrogen and oxygen atoms in total. The normalized spacial score (nSPS) is 10.2. The lowest BCUT2D eigenvalue weighted by Crippen LogP contribution is -2.06. The minimum Gasteiger partial charge on any atom is -0.504 e. The summed E-state index contributed by atoms with van der Waals surface area (Å²) in [7, 11) is 1.84. The largest absolute Gasteiger partial charge is 0.504 e. The van der Waals surface area contributed by atoms with Gasteiger partial charge in [-0.3, -0.25) is 0 Å². The molecule has 12 heavy (non-hydrogen) atoms. The Hall–Kier alpha value is -1.22. The van der Waals surface area contributed by atoms with Gasteiger partial charge in [0.2, 0.25) is 0 Å². The van der Waals surface area contributed by atoms with Crippen LogP contribution in [0, 0.1) is 6.92 Å². The van der Waals surface area contributed by atoms with Crippen molar-refractivity contribution in [1.82, 2.24) is 5.32 Å². The Bertz CT molecular complexity index is 284.